The number of nitrogens with one attached hydrogen (secondary N) is 2. The molecule has 3 heterocycles. The lowest BCUT2D eigenvalue weighted by Crippen LogP contribution is -2.35. The molecule has 9 nitrogen and oxygen atoms in total. The van der Waals surface area contributed by atoms with Gasteiger partial charge in [-0.2, -0.15) is 5.10 Å². The number of aryl methyl sites for hydroxylation is 2. The molecule has 1 aromatic carbocycles. The summed E-state index contributed by atoms with van der Waals surface area (Å²) in [6.45, 7) is 0.333. The molecule has 0 aliphatic carbocycles. The number of anilines is 1. The zero-order valence-corrected chi connectivity index (χ0v) is 15.1. The second-order valence-electron chi connectivity index (χ2n) is 6.53. The predicted octanol–water partition coefficient (Wildman–Crippen LogP) is 1.18. The second-order valence-corrected chi connectivity index (χ2v) is 6.53. The summed E-state index contributed by atoms with van der Waals surface area (Å²) in [6, 6.07) is 7.55. The van der Waals surface area contributed by atoms with Gasteiger partial charge in [-0.15, -0.1) is 0 Å². The minimum absolute atomic E-state index is 0.160. The van der Waals surface area contributed by atoms with Gasteiger partial charge in [0.15, 0.2) is 0 Å². The van der Waals surface area contributed by atoms with Gasteiger partial charge in [0.2, 0.25) is 11.9 Å². The lowest BCUT2D eigenvalue weighted by atomic mass is 9.98. The first-order valence-corrected chi connectivity index (χ1v) is 8.68. The van der Waals surface area contributed by atoms with Crippen LogP contribution in [0.1, 0.15) is 12.2 Å². The van der Waals surface area contributed by atoms with E-state index in [0.29, 0.717) is 25.3 Å². The summed E-state index contributed by atoms with van der Waals surface area (Å²) in [7, 11) is 3.24. The van der Waals surface area contributed by atoms with Crippen molar-refractivity contribution in [2.75, 3.05) is 12.4 Å². The number of hydrogen-bond donors (Lipinski definition) is 2. The monoisotopic (exact) mass is 368 g/mol. The summed E-state index contributed by atoms with van der Waals surface area (Å²) in [5.74, 6) is 1.43. The Morgan fingerprint density at radius 3 is 2.85 bits per heavy atom. The van der Waals surface area contributed by atoms with E-state index < -0.39 is 0 Å². The molecule has 2 aromatic heterocycles. The van der Waals surface area contributed by atoms with Crippen molar-refractivity contribution in [2.45, 2.75) is 19.4 Å². The van der Waals surface area contributed by atoms with Gasteiger partial charge in [-0.25, -0.2) is 14.5 Å². The van der Waals surface area contributed by atoms with Crippen LogP contribution in [0.3, 0.4) is 0 Å². The van der Waals surface area contributed by atoms with Crippen LogP contribution in [0, 0.1) is 5.92 Å². The zero-order valence-electron chi connectivity index (χ0n) is 15.1. The molecule has 2 N–H and O–H groups in total. The molecular weight excluding hydrogens is 348 g/mol. The summed E-state index contributed by atoms with van der Waals surface area (Å²) < 4.78 is 8.03. The van der Waals surface area contributed by atoms with E-state index in [1.165, 1.54) is 4.68 Å². The van der Waals surface area contributed by atoms with Gasteiger partial charge in [-0.1, -0.05) is 0 Å². The van der Waals surface area contributed by atoms with Gasteiger partial charge in [0, 0.05) is 20.0 Å². The van der Waals surface area contributed by atoms with Crippen molar-refractivity contribution in [3.05, 3.63) is 46.8 Å². The number of amides is 1. The van der Waals surface area contributed by atoms with Gasteiger partial charge in [0.05, 0.1) is 24.9 Å². The highest BCUT2D eigenvalue weighted by Crippen LogP contribution is 2.23. The Morgan fingerprint density at radius 2 is 2.11 bits per heavy atom. The number of benzene rings is 1. The Hall–Kier alpha value is -3.36. The molecule has 0 spiro atoms. The lowest BCUT2D eigenvalue weighted by Gasteiger charge is -2.21. The number of fused-ring (bicyclic) bond motifs is 1. The molecule has 0 radical (unpaired) electrons. The summed E-state index contributed by atoms with van der Waals surface area (Å²) >= 11 is 0. The van der Waals surface area contributed by atoms with Crippen molar-refractivity contribution < 1.29 is 9.53 Å². The van der Waals surface area contributed by atoms with E-state index >= 15 is 0 Å². The van der Waals surface area contributed by atoms with Crippen LogP contribution in [0.2, 0.25) is 0 Å². The second kappa shape index (κ2) is 6.75. The number of imidazole rings is 1. The standard InChI is InChI=1S/C18H20N6O3/c1-23-18(26)24-10-12(5-8-15(24)22-23)16(25)21-17-19-9-14(20-17)11-3-6-13(27-2)7-4-11/h3-4,6-7,9,12H,5,8,10H2,1-2H3,(H2,19,20,21,25). The highest BCUT2D eigenvalue weighted by Gasteiger charge is 2.28. The maximum absolute atomic E-state index is 12.6. The Morgan fingerprint density at radius 1 is 1.33 bits per heavy atom. The summed E-state index contributed by atoms with van der Waals surface area (Å²) in [5.41, 5.74) is 1.54. The molecule has 27 heavy (non-hydrogen) atoms. The van der Waals surface area contributed by atoms with Crippen molar-refractivity contribution in [1.29, 1.82) is 0 Å². The van der Waals surface area contributed by atoms with Crippen LogP contribution < -0.4 is 15.7 Å². The van der Waals surface area contributed by atoms with E-state index in [4.69, 9.17) is 4.74 Å². The fourth-order valence-corrected chi connectivity index (χ4v) is 3.27. The van der Waals surface area contributed by atoms with Crippen LogP contribution in [0.5, 0.6) is 5.75 Å². The smallest absolute Gasteiger partial charge is 0.345 e. The molecule has 3 aromatic rings. The number of aromatic amines is 1. The lowest BCUT2D eigenvalue weighted by molar-refractivity contribution is -0.120. The summed E-state index contributed by atoms with van der Waals surface area (Å²) in [5, 5.41) is 6.99. The third-order valence-corrected chi connectivity index (χ3v) is 4.79. The molecule has 1 atom stereocenters. The molecule has 0 saturated heterocycles. The Balaban J connectivity index is 1.45. The van der Waals surface area contributed by atoms with Crippen LogP contribution in [-0.2, 0) is 24.8 Å². The number of carbonyl (C=O) groups is 1. The maximum Gasteiger partial charge on any atom is 0.345 e. The quantitative estimate of drug-likeness (QED) is 0.719. The van der Waals surface area contributed by atoms with Gasteiger partial charge in [-0.05, 0) is 36.2 Å². The normalized spacial score (nSPS) is 16.0. The van der Waals surface area contributed by atoms with Crippen LogP contribution in [0.15, 0.2) is 35.3 Å². The van der Waals surface area contributed by atoms with Crippen molar-refractivity contribution in [2.24, 2.45) is 13.0 Å². The minimum Gasteiger partial charge on any atom is -0.497 e. The molecule has 0 saturated carbocycles. The van der Waals surface area contributed by atoms with E-state index in [-0.39, 0.29) is 17.5 Å². The van der Waals surface area contributed by atoms with Gasteiger partial charge >= 0.3 is 5.69 Å². The van der Waals surface area contributed by atoms with E-state index in [9.17, 15) is 9.59 Å². The summed E-state index contributed by atoms with van der Waals surface area (Å²) in [6.07, 6.45) is 2.92. The van der Waals surface area contributed by atoms with Gasteiger partial charge < -0.3 is 9.72 Å². The number of nitrogens with zero attached hydrogens (tertiary/aromatic N) is 4. The highest BCUT2D eigenvalue weighted by molar-refractivity contribution is 5.91. The van der Waals surface area contributed by atoms with Crippen molar-refractivity contribution >= 4 is 11.9 Å². The molecule has 9 heteroatoms. The molecule has 1 aliphatic heterocycles. The Labute approximate surface area is 155 Å². The Bertz CT molecular complexity index is 1030. The average molecular weight is 368 g/mol. The highest BCUT2D eigenvalue weighted by atomic mass is 16.5. The van der Waals surface area contributed by atoms with Gasteiger partial charge in [-0.3, -0.25) is 14.7 Å². The molecule has 0 bridgehead atoms. The Kier molecular flexibility index (Phi) is 4.27. The fourth-order valence-electron chi connectivity index (χ4n) is 3.27. The molecule has 0 fully saturated rings. The molecular formula is C18H20N6O3. The number of rotatable bonds is 4. The molecule has 140 valence electrons. The third kappa shape index (κ3) is 3.23. The number of methoxy groups -OCH3 is 1. The van der Waals surface area contributed by atoms with Crippen molar-refractivity contribution in [3.63, 3.8) is 0 Å². The first-order valence-electron chi connectivity index (χ1n) is 8.68. The van der Waals surface area contributed by atoms with E-state index in [1.807, 2.05) is 24.3 Å². The van der Waals surface area contributed by atoms with Crippen molar-refractivity contribution in [3.8, 4) is 17.0 Å². The SMILES string of the molecule is COc1ccc(-c2cnc(NC(=O)C3CCc4nn(C)c(=O)n4C3)[nH]2)cc1. The average Bonchev–Trinajstić information content (AvgIpc) is 3.26. The van der Waals surface area contributed by atoms with E-state index in [1.54, 1.807) is 24.9 Å². The third-order valence-electron chi connectivity index (χ3n) is 4.79. The first kappa shape index (κ1) is 17.1. The van der Waals surface area contributed by atoms with Crippen molar-refractivity contribution in [1.82, 2.24) is 24.3 Å². The largest absolute Gasteiger partial charge is 0.497 e. The topological polar surface area (TPSA) is 107 Å². The van der Waals surface area contributed by atoms with Gasteiger partial charge in [0.25, 0.3) is 0 Å². The number of hydrogen-bond acceptors (Lipinski definition) is 5. The van der Waals surface area contributed by atoms with E-state index in [2.05, 4.69) is 20.4 Å². The molecule has 1 unspecified atom stereocenters. The predicted molar refractivity (Wildman–Crippen MR) is 98.5 cm³/mol. The maximum atomic E-state index is 12.6. The van der Waals surface area contributed by atoms with Crippen LogP contribution >= 0.6 is 0 Å². The zero-order chi connectivity index (χ0) is 19.0. The van der Waals surface area contributed by atoms with Crippen LogP contribution in [0.4, 0.5) is 5.95 Å². The summed E-state index contributed by atoms with van der Waals surface area (Å²) in [4.78, 5) is 32.0. The number of aromatic nitrogens is 5. The fraction of sp³-hybridized carbons (Fsp3) is 0.333. The molecule has 1 aliphatic rings. The van der Waals surface area contributed by atoms with Gasteiger partial charge in [0.1, 0.15) is 11.6 Å². The number of carbonyl (C=O) groups excluding carboxylic acids is 1. The first-order chi connectivity index (χ1) is 13.0. The molecule has 1 amide bonds. The minimum atomic E-state index is -0.297. The molecule has 4 rings (SSSR count). The number of ether oxygens (including phenoxy) is 1. The van der Waals surface area contributed by atoms with E-state index in [0.717, 1.165) is 22.8 Å². The number of H-pyrrole nitrogens is 1. The van der Waals surface area contributed by atoms with Crippen LogP contribution in [0.25, 0.3) is 11.3 Å². The van der Waals surface area contributed by atoms with Crippen LogP contribution in [-0.4, -0.2) is 37.3 Å².